The highest BCUT2D eigenvalue weighted by Gasteiger charge is 2.29. The summed E-state index contributed by atoms with van der Waals surface area (Å²) in [6.07, 6.45) is 4.63. The monoisotopic (exact) mass is 250 g/mol. The zero-order chi connectivity index (χ0) is 13.3. The SMILES string of the molecule is CCCc1nn(C)c(N2CCCC(C)C2C)c1N. The molecule has 1 aromatic rings. The van der Waals surface area contributed by atoms with E-state index in [1.54, 1.807) is 0 Å². The molecule has 1 aliphatic rings. The number of nitrogen functional groups attached to an aromatic ring is 1. The molecular weight excluding hydrogens is 224 g/mol. The summed E-state index contributed by atoms with van der Waals surface area (Å²) in [5.41, 5.74) is 8.25. The highest BCUT2D eigenvalue weighted by Crippen LogP contribution is 2.33. The van der Waals surface area contributed by atoms with Gasteiger partial charge in [0.25, 0.3) is 0 Å². The van der Waals surface area contributed by atoms with Crippen LogP contribution in [0.1, 0.15) is 45.7 Å². The summed E-state index contributed by atoms with van der Waals surface area (Å²) < 4.78 is 1.97. The number of rotatable bonds is 3. The normalized spacial score (nSPS) is 24.6. The van der Waals surface area contributed by atoms with Gasteiger partial charge in [-0.3, -0.25) is 4.68 Å². The first-order valence-electron chi connectivity index (χ1n) is 7.14. The van der Waals surface area contributed by atoms with Gasteiger partial charge in [0.05, 0.1) is 11.4 Å². The smallest absolute Gasteiger partial charge is 0.150 e. The van der Waals surface area contributed by atoms with E-state index in [4.69, 9.17) is 5.73 Å². The molecule has 18 heavy (non-hydrogen) atoms. The number of hydrogen-bond donors (Lipinski definition) is 1. The second kappa shape index (κ2) is 5.21. The molecule has 0 bridgehead atoms. The second-order valence-electron chi connectivity index (χ2n) is 5.61. The van der Waals surface area contributed by atoms with Crippen LogP contribution >= 0.6 is 0 Å². The van der Waals surface area contributed by atoms with E-state index < -0.39 is 0 Å². The molecule has 0 aromatic carbocycles. The van der Waals surface area contributed by atoms with Crippen molar-refractivity contribution in [2.24, 2.45) is 13.0 Å². The van der Waals surface area contributed by atoms with Crippen molar-refractivity contribution in [2.75, 3.05) is 17.2 Å². The molecule has 1 aromatic heterocycles. The van der Waals surface area contributed by atoms with Crippen LogP contribution < -0.4 is 10.6 Å². The Morgan fingerprint density at radius 1 is 1.39 bits per heavy atom. The highest BCUT2D eigenvalue weighted by molar-refractivity contribution is 5.67. The zero-order valence-corrected chi connectivity index (χ0v) is 12.1. The van der Waals surface area contributed by atoms with Crippen molar-refractivity contribution in [3.63, 3.8) is 0 Å². The number of piperidine rings is 1. The molecule has 2 rings (SSSR count). The van der Waals surface area contributed by atoms with Crippen molar-refractivity contribution in [3.8, 4) is 0 Å². The van der Waals surface area contributed by atoms with Gasteiger partial charge in [0.15, 0.2) is 5.82 Å². The molecule has 102 valence electrons. The maximum Gasteiger partial charge on any atom is 0.150 e. The quantitative estimate of drug-likeness (QED) is 0.897. The summed E-state index contributed by atoms with van der Waals surface area (Å²) in [5, 5.41) is 4.58. The third-order valence-corrected chi connectivity index (χ3v) is 4.26. The van der Waals surface area contributed by atoms with E-state index in [1.165, 1.54) is 12.8 Å². The van der Waals surface area contributed by atoms with Crippen LogP contribution in [0.5, 0.6) is 0 Å². The number of aryl methyl sites for hydroxylation is 2. The molecule has 2 unspecified atom stereocenters. The van der Waals surface area contributed by atoms with Crippen molar-refractivity contribution in [1.82, 2.24) is 9.78 Å². The summed E-state index contributed by atoms with van der Waals surface area (Å²) in [6, 6.07) is 0.547. The molecule has 0 radical (unpaired) electrons. The van der Waals surface area contributed by atoms with E-state index in [1.807, 2.05) is 11.7 Å². The van der Waals surface area contributed by atoms with Gasteiger partial charge in [-0.25, -0.2) is 0 Å². The van der Waals surface area contributed by atoms with Crippen LogP contribution in [0.4, 0.5) is 11.5 Å². The lowest BCUT2D eigenvalue weighted by atomic mass is 9.92. The van der Waals surface area contributed by atoms with Crippen molar-refractivity contribution in [3.05, 3.63) is 5.69 Å². The van der Waals surface area contributed by atoms with E-state index in [-0.39, 0.29) is 0 Å². The first kappa shape index (κ1) is 13.2. The maximum absolute atomic E-state index is 6.30. The second-order valence-corrected chi connectivity index (χ2v) is 5.61. The Kier molecular flexibility index (Phi) is 3.83. The van der Waals surface area contributed by atoms with E-state index in [0.29, 0.717) is 6.04 Å². The van der Waals surface area contributed by atoms with Crippen LogP contribution in [0.15, 0.2) is 0 Å². The highest BCUT2D eigenvalue weighted by atomic mass is 15.4. The lowest BCUT2D eigenvalue weighted by Crippen LogP contribution is -2.43. The number of nitrogens with zero attached hydrogens (tertiary/aromatic N) is 3. The predicted octanol–water partition coefficient (Wildman–Crippen LogP) is 2.58. The predicted molar refractivity (Wildman–Crippen MR) is 76.8 cm³/mol. The van der Waals surface area contributed by atoms with Crippen molar-refractivity contribution in [1.29, 1.82) is 0 Å². The summed E-state index contributed by atoms with van der Waals surface area (Å²) in [5.74, 6) is 1.85. The molecule has 0 saturated carbocycles. The molecule has 4 nitrogen and oxygen atoms in total. The molecule has 2 heterocycles. The first-order valence-corrected chi connectivity index (χ1v) is 7.14. The van der Waals surface area contributed by atoms with E-state index in [2.05, 4.69) is 30.8 Å². The van der Waals surface area contributed by atoms with Gasteiger partial charge < -0.3 is 10.6 Å². The molecule has 0 spiro atoms. The number of nitrogens with two attached hydrogens (primary N) is 1. The number of aromatic nitrogens is 2. The van der Waals surface area contributed by atoms with E-state index in [0.717, 1.165) is 42.5 Å². The Labute approximate surface area is 110 Å². The maximum atomic E-state index is 6.30. The fraction of sp³-hybridized carbons (Fsp3) is 0.786. The number of anilines is 2. The Morgan fingerprint density at radius 2 is 2.11 bits per heavy atom. The number of hydrogen-bond acceptors (Lipinski definition) is 3. The summed E-state index contributed by atoms with van der Waals surface area (Å²) in [6.45, 7) is 7.90. The minimum atomic E-state index is 0.547. The minimum Gasteiger partial charge on any atom is -0.394 e. The Hall–Kier alpha value is -1.19. The molecule has 2 N–H and O–H groups in total. The fourth-order valence-electron chi connectivity index (χ4n) is 2.98. The molecule has 1 saturated heterocycles. The third-order valence-electron chi connectivity index (χ3n) is 4.26. The molecule has 0 amide bonds. The largest absolute Gasteiger partial charge is 0.394 e. The summed E-state index contributed by atoms with van der Waals surface area (Å²) >= 11 is 0. The van der Waals surface area contributed by atoms with Gasteiger partial charge in [0.1, 0.15) is 0 Å². The van der Waals surface area contributed by atoms with Crippen LogP contribution in [0.3, 0.4) is 0 Å². The summed E-state index contributed by atoms with van der Waals surface area (Å²) in [7, 11) is 2.01. The van der Waals surface area contributed by atoms with Crippen LogP contribution in [-0.2, 0) is 13.5 Å². The average Bonchev–Trinajstić information content (AvgIpc) is 2.60. The van der Waals surface area contributed by atoms with E-state index >= 15 is 0 Å². The lowest BCUT2D eigenvalue weighted by molar-refractivity contribution is 0.359. The Bertz CT molecular complexity index is 410. The van der Waals surface area contributed by atoms with Crippen LogP contribution in [0.2, 0.25) is 0 Å². The lowest BCUT2D eigenvalue weighted by Gasteiger charge is -2.39. The third kappa shape index (κ3) is 2.20. The van der Waals surface area contributed by atoms with Gasteiger partial charge in [0, 0.05) is 19.6 Å². The van der Waals surface area contributed by atoms with Gasteiger partial charge in [-0.1, -0.05) is 20.3 Å². The van der Waals surface area contributed by atoms with Crippen LogP contribution in [0, 0.1) is 5.92 Å². The Morgan fingerprint density at radius 3 is 2.78 bits per heavy atom. The molecule has 4 heteroatoms. The van der Waals surface area contributed by atoms with E-state index in [9.17, 15) is 0 Å². The van der Waals surface area contributed by atoms with Crippen molar-refractivity contribution < 1.29 is 0 Å². The molecule has 0 aliphatic carbocycles. The average molecular weight is 250 g/mol. The van der Waals surface area contributed by atoms with Crippen LogP contribution in [-0.4, -0.2) is 22.4 Å². The van der Waals surface area contributed by atoms with Gasteiger partial charge in [-0.2, -0.15) is 5.10 Å². The molecule has 2 atom stereocenters. The van der Waals surface area contributed by atoms with Gasteiger partial charge in [-0.15, -0.1) is 0 Å². The fourth-order valence-corrected chi connectivity index (χ4v) is 2.98. The summed E-state index contributed by atoms with van der Waals surface area (Å²) in [4.78, 5) is 2.44. The zero-order valence-electron chi connectivity index (χ0n) is 12.1. The van der Waals surface area contributed by atoms with Gasteiger partial charge in [0.2, 0.25) is 0 Å². The van der Waals surface area contributed by atoms with Gasteiger partial charge in [-0.05, 0) is 32.1 Å². The molecular formula is C14H26N4. The van der Waals surface area contributed by atoms with Crippen molar-refractivity contribution >= 4 is 11.5 Å². The molecule has 1 fully saturated rings. The minimum absolute atomic E-state index is 0.547. The van der Waals surface area contributed by atoms with Crippen LogP contribution in [0.25, 0.3) is 0 Å². The first-order chi connectivity index (χ1) is 8.56. The van der Waals surface area contributed by atoms with Crippen molar-refractivity contribution in [2.45, 2.75) is 52.5 Å². The standard InChI is InChI=1S/C14H26N4/c1-5-7-12-13(15)14(17(4)16-12)18-9-6-8-10(2)11(18)3/h10-11H,5-9,15H2,1-4H3. The Balaban J connectivity index is 2.32. The molecule has 1 aliphatic heterocycles. The van der Waals surface area contributed by atoms with Gasteiger partial charge >= 0.3 is 0 Å². The topological polar surface area (TPSA) is 47.1 Å².